The van der Waals surface area contributed by atoms with Gasteiger partial charge in [0.05, 0.1) is 7.11 Å². The fraction of sp³-hybridized carbons (Fsp3) is 0.647. The smallest absolute Gasteiger partial charge is 0.119 e. The van der Waals surface area contributed by atoms with E-state index < -0.39 is 0 Å². The van der Waals surface area contributed by atoms with Crippen LogP contribution < -0.4 is 10.5 Å². The average molecular weight is 276 g/mol. The molecular weight excluding hydrogens is 248 g/mol. The molecule has 0 saturated carbocycles. The van der Waals surface area contributed by atoms with Crippen molar-refractivity contribution in [3.05, 3.63) is 29.3 Å². The number of hydrogen-bond acceptors (Lipinski definition) is 3. The summed E-state index contributed by atoms with van der Waals surface area (Å²) in [6, 6.07) is 6.60. The normalized spacial score (nSPS) is 18.6. The molecule has 2 N–H and O–H groups in total. The number of nitrogens with zero attached hydrogens (tertiary/aromatic N) is 1. The van der Waals surface area contributed by atoms with Crippen molar-refractivity contribution >= 4 is 0 Å². The predicted molar refractivity (Wildman–Crippen MR) is 84.1 cm³/mol. The Bertz CT molecular complexity index is 409. The molecule has 0 amide bonds. The summed E-state index contributed by atoms with van der Waals surface area (Å²) in [6.45, 7) is 5.53. The van der Waals surface area contributed by atoms with E-state index in [0.29, 0.717) is 0 Å². The Kier molecular flexibility index (Phi) is 5.86. The highest BCUT2D eigenvalue weighted by Gasteiger charge is 2.13. The van der Waals surface area contributed by atoms with Crippen molar-refractivity contribution < 1.29 is 4.74 Å². The summed E-state index contributed by atoms with van der Waals surface area (Å²) in [7, 11) is 1.73. The molecule has 0 aromatic heterocycles. The molecule has 1 fully saturated rings. The Morgan fingerprint density at radius 2 is 1.85 bits per heavy atom. The summed E-state index contributed by atoms with van der Waals surface area (Å²) in [6.07, 6.45) is 6.34. The van der Waals surface area contributed by atoms with Gasteiger partial charge >= 0.3 is 0 Å². The molecule has 3 heteroatoms. The molecule has 1 atom stereocenters. The van der Waals surface area contributed by atoms with Crippen LogP contribution >= 0.6 is 0 Å². The lowest BCUT2D eigenvalue weighted by molar-refractivity contribution is 0.275. The lowest BCUT2D eigenvalue weighted by Crippen LogP contribution is -2.25. The molecule has 1 saturated heterocycles. The Morgan fingerprint density at radius 1 is 1.15 bits per heavy atom. The fourth-order valence-electron chi connectivity index (χ4n) is 2.96. The van der Waals surface area contributed by atoms with E-state index in [9.17, 15) is 0 Å². The molecule has 3 nitrogen and oxygen atoms in total. The first-order valence-corrected chi connectivity index (χ1v) is 7.83. The van der Waals surface area contributed by atoms with E-state index in [0.717, 1.165) is 18.7 Å². The van der Waals surface area contributed by atoms with Gasteiger partial charge in [0, 0.05) is 12.6 Å². The molecule has 1 aromatic carbocycles. The van der Waals surface area contributed by atoms with E-state index in [1.807, 2.05) is 6.07 Å². The first-order chi connectivity index (χ1) is 9.69. The van der Waals surface area contributed by atoms with Gasteiger partial charge in [0.15, 0.2) is 0 Å². The maximum Gasteiger partial charge on any atom is 0.119 e. The van der Waals surface area contributed by atoms with Crippen molar-refractivity contribution in [1.82, 2.24) is 4.90 Å². The van der Waals surface area contributed by atoms with Crippen LogP contribution in [-0.4, -0.2) is 31.1 Å². The van der Waals surface area contributed by atoms with Gasteiger partial charge in [0.1, 0.15) is 5.75 Å². The first-order valence-electron chi connectivity index (χ1n) is 7.83. The van der Waals surface area contributed by atoms with Crippen LogP contribution in [-0.2, 0) is 13.0 Å². The van der Waals surface area contributed by atoms with Gasteiger partial charge in [-0.3, -0.25) is 4.90 Å². The summed E-state index contributed by atoms with van der Waals surface area (Å²) >= 11 is 0. The van der Waals surface area contributed by atoms with Gasteiger partial charge in [0.25, 0.3) is 0 Å². The zero-order valence-corrected chi connectivity index (χ0v) is 12.9. The molecule has 1 aliphatic heterocycles. The van der Waals surface area contributed by atoms with E-state index >= 15 is 0 Å². The molecule has 1 aromatic rings. The van der Waals surface area contributed by atoms with Gasteiger partial charge in [-0.05, 0) is 62.5 Å². The molecule has 0 radical (unpaired) electrons. The van der Waals surface area contributed by atoms with E-state index in [1.54, 1.807) is 7.11 Å². The second-order valence-corrected chi connectivity index (χ2v) is 6.01. The number of ether oxygens (including phenoxy) is 1. The van der Waals surface area contributed by atoms with Crippen molar-refractivity contribution in [2.75, 3.05) is 20.2 Å². The van der Waals surface area contributed by atoms with Crippen LogP contribution in [0.15, 0.2) is 18.2 Å². The summed E-state index contributed by atoms with van der Waals surface area (Å²) in [5.41, 5.74) is 8.72. The monoisotopic (exact) mass is 276 g/mol. The standard InChI is InChI=1S/C17H28N2O/c1-14(18)11-15-7-8-17(20-2)12-16(15)13-19-9-5-3-4-6-10-19/h7-8,12,14H,3-6,9-11,13,18H2,1-2H3. The van der Waals surface area contributed by atoms with E-state index in [1.165, 1.54) is 49.9 Å². The lowest BCUT2D eigenvalue weighted by atomic mass is 10.0. The zero-order valence-electron chi connectivity index (χ0n) is 12.9. The SMILES string of the molecule is COc1ccc(CC(C)N)c(CN2CCCCCC2)c1. The van der Waals surface area contributed by atoms with Gasteiger partial charge in [-0.25, -0.2) is 0 Å². The van der Waals surface area contributed by atoms with Gasteiger partial charge in [-0.1, -0.05) is 18.9 Å². The lowest BCUT2D eigenvalue weighted by Gasteiger charge is -2.22. The summed E-state index contributed by atoms with van der Waals surface area (Å²) in [5.74, 6) is 0.947. The highest BCUT2D eigenvalue weighted by molar-refractivity contribution is 5.36. The third kappa shape index (κ3) is 4.50. The predicted octanol–water partition coefficient (Wildman–Crippen LogP) is 2.96. The first kappa shape index (κ1) is 15.3. The highest BCUT2D eigenvalue weighted by atomic mass is 16.5. The van der Waals surface area contributed by atoms with Crippen molar-refractivity contribution in [2.45, 2.75) is 51.6 Å². The summed E-state index contributed by atoms with van der Waals surface area (Å²) in [4.78, 5) is 2.58. The second-order valence-electron chi connectivity index (χ2n) is 6.01. The number of hydrogen-bond donors (Lipinski definition) is 1. The minimum absolute atomic E-state index is 0.200. The number of nitrogens with two attached hydrogens (primary N) is 1. The van der Waals surface area contributed by atoms with Gasteiger partial charge in [0.2, 0.25) is 0 Å². The second kappa shape index (κ2) is 7.65. The maximum atomic E-state index is 5.98. The Morgan fingerprint density at radius 3 is 2.45 bits per heavy atom. The van der Waals surface area contributed by atoms with Crippen molar-refractivity contribution in [1.29, 1.82) is 0 Å². The molecule has 1 heterocycles. The number of rotatable bonds is 5. The largest absolute Gasteiger partial charge is 0.497 e. The molecule has 1 unspecified atom stereocenters. The summed E-state index contributed by atoms with van der Waals surface area (Å²) < 4.78 is 5.38. The Balaban J connectivity index is 2.13. The summed E-state index contributed by atoms with van der Waals surface area (Å²) in [5, 5.41) is 0. The van der Waals surface area contributed by atoms with Gasteiger partial charge in [-0.2, -0.15) is 0 Å². The molecule has 0 bridgehead atoms. The average Bonchev–Trinajstić information content (AvgIpc) is 2.69. The van der Waals surface area contributed by atoms with Crippen molar-refractivity contribution in [3.63, 3.8) is 0 Å². The van der Waals surface area contributed by atoms with Gasteiger partial charge in [-0.15, -0.1) is 0 Å². The molecule has 2 rings (SSSR count). The van der Waals surface area contributed by atoms with Crippen LogP contribution in [0.2, 0.25) is 0 Å². The topological polar surface area (TPSA) is 38.5 Å². The fourth-order valence-corrected chi connectivity index (χ4v) is 2.96. The third-order valence-corrected chi connectivity index (χ3v) is 4.05. The van der Waals surface area contributed by atoms with Crippen LogP contribution in [0.5, 0.6) is 5.75 Å². The van der Waals surface area contributed by atoms with Crippen LogP contribution in [0.4, 0.5) is 0 Å². The number of likely N-dealkylation sites (tertiary alicyclic amines) is 1. The Hall–Kier alpha value is -1.06. The highest BCUT2D eigenvalue weighted by Crippen LogP contribution is 2.22. The number of benzene rings is 1. The van der Waals surface area contributed by atoms with E-state index in [2.05, 4.69) is 24.0 Å². The molecule has 0 aliphatic carbocycles. The van der Waals surface area contributed by atoms with Crippen LogP contribution in [0.1, 0.15) is 43.7 Å². The van der Waals surface area contributed by atoms with Crippen LogP contribution in [0.25, 0.3) is 0 Å². The molecule has 0 spiro atoms. The number of methoxy groups -OCH3 is 1. The molecule has 112 valence electrons. The maximum absolute atomic E-state index is 5.98. The third-order valence-electron chi connectivity index (χ3n) is 4.05. The van der Waals surface area contributed by atoms with E-state index in [4.69, 9.17) is 10.5 Å². The minimum atomic E-state index is 0.200. The van der Waals surface area contributed by atoms with Crippen LogP contribution in [0, 0.1) is 0 Å². The van der Waals surface area contributed by atoms with Crippen molar-refractivity contribution in [3.8, 4) is 5.75 Å². The van der Waals surface area contributed by atoms with Gasteiger partial charge < -0.3 is 10.5 Å². The zero-order chi connectivity index (χ0) is 14.4. The minimum Gasteiger partial charge on any atom is -0.497 e. The molecular formula is C17H28N2O. The quantitative estimate of drug-likeness (QED) is 0.898. The van der Waals surface area contributed by atoms with E-state index in [-0.39, 0.29) is 6.04 Å². The molecule has 1 aliphatic rings. The van der Waals surface area contributed by atoms with Crippen molar-refractivity contribution in [2.24, 2.45) is 5.73 Å². The Labute approximate surface area is 123 Å². The molecule has 20 heavy (non-hydrogen) atoms. The van der Waals surface area contributed by atoms with Crippen LogP contribution in [0.3, 0.4) is 0 Å².